The van der Waals surface area contributed by atoms with E-state index in [1.165, 1.54) is 12.3 Å². The summed E-state index contributed by atoms with van der Waals surface area (Å²) in [6, 6.07) is 1.37. The predicted molar refractivity (Wildman–Crippen MR) is 63.8 cm³/mol. The fourth-order valence-electron chi connectivity index (χ4n) is 2.23. The van der Waals surface area contributed by atoms with Crippen molar-refractivity contribution in [3.8, 4) is 0 Å². The molecule has 1 saturated heterocycles. The Bertz CT molecular complexity index is 527. The van der Waals surface area contributed by atoms with Crippen molar-refractivity contribution in [2.45, 2.75) is 37.4 Å². The summed E-state index contributed by atoms with van der Waals surface area (Å²) >= 11 is 0. The van der Waals surface area contributed by atoms with Gasteiger partial charge in [-0.3, -0.25) is 4.57 Å². The van der Waals surface area contributed by atoms with Gasteiger partial charge in [-0.1, -0.05) is 6.92 Å². The van der Waals surface area contributed by atoms with Crippen LogP contribution in [0.4, 0.5) is 10.2 Å². The van der Waals surface area contributed by atoms with Crippen LogP contribution in [0.25, 0.3) is 0 Å². The Morgan fingerprint density at radius 1 is 1.74 bits per heavy atom. The maximum absolute atomic E-state index is 14.2. The molecule has 8 heteroatoms. The topological polar surface area (TPSA) is 111 Å². The van der Waals surface area contributed by atoms with Gasteiger partial charge in [-0.05, 0) is 12.5 Å². The molecule has 106 valence electrons. The SMILES string of the molecule is CC[C@]1(CO)O[C@@H](n2ccc(N)nc2=O)C[C@@]1(O)F. The molecule has 4 N–H and O–H groups in total. The van der Waals surface area contributed by atoms with Crippen LogP contribution in [0.3, 0.4) is 0 Å². The maximum atomic E-state index is 14.2. The first-order valence-electron chi connectivity index (χ1n) is 5.90. The lowest BCUT2D eigenvalue weighted by atomic mass is 9.92. The first-order chi connectivity index (χ1) is 8.85. The number of halogens is 1. The molecular formula is C11H16FN3O4. The van der Waals surface area contributed by atoms with Crippen LogP contribution in [0.1, 0.15) is 26.0 Å². The lowest BCUT2D eigenvalue weighted by Crippen LogP contribution is -2.50. The van der Waals surface area contributed by atoms with Crippen LogP contribution in [0.2, 0.25) is 0 Å². The average molecular weight is 273 g/mol. The zero-order valence-corrected chi connectivity index (χ0v) is 10.4. The van der Waals surface area contributed by atoms with E-state index in [9.17, 15) is 19.4 Å². The van der Waals surface area contributed by atoms with Crippen LogP contribution >= 0.6 is 0 Å². The largest absolute Gasteiger partial charge is 0.393 e. The highest BCUT2D eigenvalue weighted by molar-refractivity contribution is 5.23. The van der Waals surface area contributed by atoms with Crippen LogP contribution in [0.15, 0.2) is 17.1 Å². The Kier molecular flexibility index (Phi) is 3.33. The Hall–Kier alpha value is -1.51. The van der Waals surface area contributed by atoms with E-state index in [1.807, 2.05) is 0 Å². The highest BCUT2D eigenvalue weighted by Crippen LogP contribution is 2.46. The molecule has 0 radical (unpaired) electrons. The zero-order valence-electron chi connectivity index (χ0n) is 10.4. The van der Waals surface area contributed by atoms with E-state index in [4.69, 9.17) is 10.5 Å². The van der Waals surface area contributed by atoms with Crippen molar-refractivity contribution in [2.75, 3.05) is 12.3 Å². The molecule has 7 nitrogen and oxygen atoms in total. The van der Waals surface area contributed by atoms with E-state index in [0.717, 1.165) is 4.57 Å². The van der Waals surface area contributed by atoms with Crippen LogP contribution in [-0.4, -0.2) is 37.8 Å². The van der Waals surface area contributed by atoms with Crippen molar-refractivity contribution in [1.29, 1.82) is 0 Å². The minimum absolute atomic E-state index is 0.0404. The van der Waals surface area contributed by atoms with E-state index in [0.29, 0.717) is 0 Å². The van der Waals surface area contributed by atoms with Gasteiger partial charge in [0.1, 0.15) is 12.0 Å². The number of aliphatic hydroxyl groups is 2. The van der Waals surface area contributed by atoms with Crippen molar-refractivity contribution in [1.82, 2.24) is 9.55 Å². The third kappa shape index (κ3) is 2.11. The molecule has 0 saturated carbocycles. The molecule has 1 aromatic heterocycles. The first kappa shape index (κ1) is 13.9. The minimum Gasteiger partial charge on any atom is -0.393 e. The molecule has 2 heterocycles. The van der Waals surface area contributed by atoms with Gasteiger partial charge >= 0.3 is 5.69 Å². The smallest absolute Gasteiger partial charge is 0.351 e. The van der Waals surface area contributed by atoms with Crippen molar-refractivity contribution in [3.63, 3.8) is 0 Å². The van der Waals surface area contributed by atoms with Crippen LogP contribution in [-0.2, 0) is 4.74 Å². The third-order valence-corrected chi connectivity index (χ3v) is 3.49. The minimum atomic E-state index is -2.72. The molecule has 1 aromatic rings. The van der Waals surface area contributed by atoms with Gasteiger partial charge in [0.05, 0.1) is 13.0 Å². The van der Waals surface area contributed by atoms with Crippen molar-refractivity contribution in [2.24, 2.45) is 0 Å². The number of hydrogen-bond donors (Lipinski definition) is 3. The first-order valence-corrected chi connectivity index (χ1v) is 5.90. The number of aromatic nitrogens is 2. The number of alkyl halides is 1. The summed E-state index contributed by atoms with van der Waals surface area (Å²) in [5.74, 6) is -2.68. The third-order valence-electron chi connectivity index (χ3n) is 3.49. The highest BCUT2D eigenvalue weighted by atomic mass is 19.2. The van der Waals surface area contributed by atoms with Gasteiger partial charge in [0.2, 0.25) is 5.85 Å². The lowest BCUT2D eigenvalue weighted by Gasteiger charge is -2.32. The van der Waals surface area contributed by atoms with Crippen molar-refractivity contribution < 1.29 is 19.3 Å². The maximum Gasteiger partial charge on any atom is 0.351 e. The second kappa shape index (κ2) is 4.55. The van der Waals surface area contributed by atoms with Gasteiger partial charge < -0.3 is 20.7 Å². The van der Waals surface area contributed by atoms with Gasteiger partial charge in [-0.25, -0.2) is 9.18 Å². The molecule has 0 aliphatic carbocycles. The van der Waals surface area contributed by atoms with E-state index in [-0.39, 0.29) is 12.2 Å². The van der Waals surface area contributed by atoms with Crippen molar-refractivity contribution in [3.05, 3.63) is 22.7 Å². The molecule has 19 heavy (non-hydrogen) atoms. The lowest BCUT2D eigenvalue weighted by molar-refractivity contribution is -0.219. The molecule has 2 rings (SSSR count). The molecule has 1 aliphatic heterocycles. The van der Waals surface area contributed by atoms with E-state index < -0.39 is 36.4 Å². The Balaban J connectivity index is 2.37. The Morgan fingerprint density at radius 2 is 2.42 bits per heavy atom. The molecule has 0 amide bonds. The zero-order chi connectivity index (χ0) is 14.3. The molecular weight excluding hydrogens is 257 g/mol. The second-order valence-electron chi connectivity index (χ2n) is 4.58. The van der Waals surface area contributed by atoms with Crippen LogP contribution in [0.5, 0.6) is 0 Å². The molecule has 0 spiro atoms. The molecule has 0 aromatic carbocycles. The summed E-state index contributed by atoms with van der Waals surface area (Å²) in [5.41, 5.74) is 2.92. The van der Waals surface area contributed by atoms with E-state index >= 15 is 0 Å². The van der Waals surface area contributed by atoms with Gasteiger partial charge in [-0.15, -0.1) is 0 Å². The number of nitrogens with zero attached hydrogens (tertiary/aromatic N) is 2. The van der Waals surface area contributed by atoms with Crippen LogP contribution < -0.4 is 11.4 Å². The number of rotatable bonds is 3. The Morgan fingerprint density at radius 3 is 2.89 bits per heavy atom. The number of anilines is 1. The predicted octanol–water partition coefficient (Wildman–Crippen LogP) is -0.456. The number of ether oxygens (including phenoxy) is 1. The summed E-state index contributed by atoms with van der Waals surface area (Å²) in [7, 11) is 0. The molecule has 3 atom stereocenters. The summed E-state index contributed by atoms with van der Waals surface area (Å²) in [5, 5.41) is 19.1. The average Bonchev–Trinajstić information content (AvgIpc) is 2.60. The number of nitrogens with two attached hydrogens (primary N) is 1. The molecule has 1 fully saturated rings. The fraction of sp³-hybridized carbons (Fsp3) is 0.636. The van der Waals surface area contributed by atoms with E-state index in [2.05, 4.69) is 4.98 Å². The monoisotopic (exact) mass is 273 g/mol. The number of nitrogen functional groups attached to an aromatic ring is 1. The van der Waals surface area contributed by atoms with Crippen LogP contribution in [0, 0.1) is 0 Å². The normalized spacial score (nSPS) is 34.6. The van der Waals surface area contributed by atoms with Crippen molar-refractivity contribution >= 4 is 5.82 Å². The molecule has 0 bridgehead atoms. The number of aliphatic hydroxyl groups excluding tert-OH is 1. The number of hydrogen-bond acceptors (Lipinski definition) is 6. The molecule has 0 unspecified atom stereocenters. The quantitative estimate of drug-likeness (QED) is 0.687. The van der Waals surface area contributed by atoms with Gasteiger partial charge in [0.25, 0.3) is 0 Å². The summed E-state index contributed by atoms with van der Waals surface area (Å²) in [6.45, 7) is 0.886. The highest BCUT2D eigenvalue weighted by Gasteiger charge is 2.59. The summed E-state index contributed by atoms with van der Waals surface area (Å²) in [6.07, 6.45) is -0.131. The standard InChI is InChI=1S/C11H16FN3O4/c1-2-10(6-16)11(12,18)5-8(19-10)15-4-3-7(13)14-9(15)17/h3-4,8,16,18H,2,5-6H2,1H3,(H2,13,14,17)/t8-,10-,11+/m1/s1. The fourth-order valence-corrected chi connectivity index (χ4v) is 2.23. The Labute approximate surface area is 108 Å². The van der Waals surface area contributed by atoms with Gasteiger partial charge in [-0.2, -0.15) is 4.98 Å². The second-order valence-corrected chi connectivity index (χ2v) is 4.58. The van der Waals surface area contributed by atoms with Gasteiger partial charge in [0, 0.05) is 6.20 Å². The van der Waals surface area contributed by atoms with E-state index in [1.54, 1.807) is 6.92 Å². The van der Waals surface area contributed by atoms with Gasteiger partial charge in [0.15, 0.2) is 5.60 Å². The molecule has 1 aliphatic rings. The summed E-state index contributed by atoms with van der Waals surface area (Å²) < 4.78 is 20.6. The summed E-state index contributed by atoms with van der Waals surface area (Å²) in [4.78, 5) is 15.2.